The zero-order valence-corrected chi connectivity index (χ0v) is 10.8. The number of hydrogen-bond acceptors (Lipinski definition) is 4. The van der Waals surface area contributed by atoms with Gasteiger partial charge in [0.1, 0.15) is 0 Å². The minimum Gasteiger partial charge on any atom is -0.375 e. The van der Waals surface area contributed by atoms with Crippen molar-refractivity contribution in [3.05, 3.63) is 41.8 Å². The van der Waals surface area contributed by atoms with Gasteiger partial charge in [-0.25, -0.2) is 0 Å². The molecule has 0 N–H and O–H groups in total. The van der Waals surface area contributed by atoms with Crippen LogP contribution in [0.5, 0.6) is 5.75 Å². The van der Waals surface area contributed by atoms with Crippen molar-refractivity contribution in [3.63, 3.8) is 0 Å². The van der Waals surface area contributed by atoms with Gasteiger partial charge in [0.2, 0.25) is 0 Å². The minimum atomic E-state index is -5.66. The molecular formula is C11H7F3O3S2. The molecule has 0 aliphatic heterocycles. The first kappa shape index (κ1) is 13.9. The van der Waals surface area contributed by atoms with Crippen LogP contribution in [0.3, 0.4) is 0 Å². The van der Waals surface area contributed by atoms with E-state index < -0.39 is 15.6 Å². The Labute approximate surface area is 111 Å². The van der Waals surface area contributed by atoms with Crippen LogP contribution in [0, 0.1) is 0 Å². The van der Waals surface area contributed by atoms with Crippen molar-refractivity contribution in [3.8, 4) is 16.2 Å². The fourth-order valence-corrected chi connectivity index (χ4v) is 2.57. The average Bonchev–Trinajstić information content (AvgIpc) is 2.81. The van der Waals surface area contributed by atoms with Gasteiger partial charge in [0.05, 0.1) is 0 Å². The molecule has 0 spiro atoms. The number of rotatable bonds is 3. The van der Waals surface area contributed by atoms with Crippen LogP contribution in [-0.2, 0) is 10.1 Å². The lowest BCUT2D eigenvalue weighted by atomic mass is 10.2. The molecule has 0 bridgehead atoms. The molecule has 0 fully saturated rings. The smallest absolute Gasteiger partial charge is 0.375 e. The van der Waals surface area contributed by atoms with E-state index in [2.05, 4.69) is 4.18 Å². The molecule has 0 saturated heterocycles. The third-order valence-corrected chi connectivity index (χ3v) is 4.03. The quantitative estimate of drug-likeness (QED) is 0.642. The maximum absolute atomic E-state index is 12.3. The Morgan fingerprint density at radius 1 is 1.05 bits per heavy atom. The summed E-state index contributed by atoms with van der Waals surface area (Å²) >= 11 is 1.27. The second-order valence-corrected chi connectivity index (χ2v) is 5.94. The summed E-state index contributed by atoms with van der Waals surface area (Å²) in [6, 6.07) is 9.02. The van der Waals surface area contributed by atoms with E-state index in [-0.39, 0.29) is 5.75 Å². The molecule has 2 rings (SSSR count). The van der Waals surface area contributed by atoms with E-state index in [0.29, 0.717) is 10.4 Å². The fraction of sp³-hybridized carbons (Fsp3) is 0.0909. The van der Waals surface area contributed by atoms with Crippen molar-refractivity contribution in [1.82, 2.24) is 0 Å². The molecule has 0 aliphatic carbocycles. The Hall–Kier alpha value is -1.54. The first-order chi connectivity index (χ1) is 8.81. The van der Waals surface area contributed by atoms with Crippen molar-refractivity contribution in [2.75, 3.05) is 0 Å². The maximum Gasteiger partial charge on any atom is 0.534 e. The molecule has 1 aromatic carbocycles. The molecule has 2 aromatic rings. The van der Waals surface area contributed by atoms with Gasteiger partial charge in [0.25, 0.3) is 0 Å². The van der Waals surface area contributed by atoms with Gasteiger partial charge in [-0.3, -0.25) is 0 Å². The zero-order chi connectivity index (χ0) is 14.1. The normalized spacial score (nSPS) is 12.4. The predicted molar refractivity (Wildman–Crippen MR) is 65.4 cm³/mol. The first-order valence-corrected chi connectivity index (χ1v) is 7.24. The van der Waals surface area contributed by atoms with Gasteiger partial charge < -0.3 is 4.18 Å². The molecule has 0 aliphatic rings. The van der Waals surface area contributed by atoms with Gasteiger partial charge in [-0.1, -0.05) is 18.2 Å². The van der Waals surface area contributed by atoms with Gasteiger partial charge in [-0.15, -0.1) is 11.3 Å². The molecule has 0 atom stereocenters. The van der Waals surface area contributed by atoms with Crippen molar-refractivity contribution in [2.24, 2.45) is 0 Å². The number of alkyl halides is 3. The second kappa shape index (κ2) is 4.86. The molecular weight excluding hydrogens is 301 g/mol. The first-order valence-electron chi connectivity index (χ1n) is 4.95. The summed E-state index contributed by atoms with van der Waals surface area (Å²) in [5.74, 6) is -0.345. The molecule has 102 valence electrons. The van der Waals surface area contributed by atoms with Crippen LogP contribution in [0.15, 0.2) is 41.8 Å². The van der Waals surface area contributed by atoms with Crippen LogP contribution in [-0.4, -0.2) is 13.9 Å². The lowest BCUT2D eigenvalue weighted by Crippen LogP contribution is -2.28. The monoisotopic (exact) mass is 308 g/mol. The number of halogens is 3. The van der Waals surface area contributed by atoms with E-state index >= 15 is 0 Å². The highest BCUT2D eigenvalue weighted by Gasteiger charge is 2.48. The summed E-state index contributed by atoms with van der Waals surface area (Å²) in [6.07, 6.45) is 0. The summed E-state index contributed by atoms with van der Waals surface area (Å²) < 4.78 is 63.0. The molecule has 19 heavy (non-hydrogen) atoms. The number of hydrogen-bond donors (Lipinski definition) is 0. The van der Waals surface area contributed by atoms with E-state index in [4.69, 9.17) is 0 Å². The van der Waals surface area contributed by atoms with Gasteiger partial charge >= 0.3 is 15.6 Å². The number of benzene rings is 1. The summed E-state index contributed by atoms with van der Waals surface area (Å²) in [7, 11) is -5.66. The van der Waals surface area contributed by atoms with Gasteiger partial charge in [0.15, 0.2) is 5.75 Å². The van der Waals surface area contributed by atoms with E-state index in [1.807, 2.05) is 0 Å². The number of para-hydroxylation sites is 1. The Bertz CT molecular complexity index is 661. The molecule has 1 heterocycles. The second-order valence-electron chi connectivity index (χ2n) is 3.46. The SMILES string of the molecule is O=S(=O)(Oc1ccccc1-c1cccs1)C(F)(F)F. The van der Waals surface area contributed by atoms with Crippen molar-refractivity contribution >= 4 is 21.5 Å². The van der Waals surface area contributed by atoms with E-state index in [9.17, 15) is 21.6 Å². The third-order valence-electron chi connectivity index (χ3n) is 2.16. The summed E-state index contributed by atoms with van der Waals surface area (Å²) in [4.78, 5) is 0.618. The summed E-state index contributed by atoms with van der Waals surface area (Å²) in [5.41, 5.74) is -5.15. The zero-order valence-electron chi connectivity index (χ0n) is 9.22. The van der Waals surface area contributed by atoms with Crippen LogP contribution in [0.4, 0.5) is 13.2 Å². The lowest BCUT2D eigenvalue weighted by molar-refractivity contribution is -0.0499. The molecule has 1 aromatic heterocycles. The standard InChI is InChI=1S/C11H7F3O3S2/c12-11(13,14)19(15,16)17-9-5-2-1-4-8(9)10-6-3-7-18-10/h1-7H. The highest BCUT2D eigenvalue weighted by atomic mass is 32.2. The number of thiophene rings is 1. The maximum atomic E-state index is 12.3. The lowest BCUT2D eigenvalue weighted by Gasteiger charge is -2.12. The van der Waals surface area contributed by atoms with Gasteiger partial charge in [-0.2, -0.15) is 21.6 Å². The van der Waals surface area contributed by atoms with Gasteiger partial charge in [-0.05, 0) is 23.6 Å². The van der Waals surface area contributed by atoms with Crippen molar-refractivity contribution < 1.29 is 25.8 Å². The Kier molecular flexibility index (Phi) is 3.55. The molecule has 0 amide bonds. The van der Waals surface area contributed by atoms with Crippen LogP contribution in [0.25, 0.3) is 10.4 Å². The highest BCUT2D eigenvalue weighted by molar-refractivity contribution is 7.88. The largest absolute Gasteiger partial charge is 0.534 e. The molecule has 0 unspecified atom stereocenters. The molecule has 0 radical (unpaired) electrons. The summed E-state index contributed by atoms with van der Waals surface area (Å²) in [5, 5.41) is 1.73. The Morgan fingerprint density at radius 3 is 2.32 bits per heavy atom. The fourth-order valence-electron chi connectivity index (χ4n) is 1.34. The van der Waals surface area contributed by atoms with Crippen LogP contribution < -0.4 is 4.18 Å². The van der Waals surface area contributed by atoms with Crippen LogP contribution >= 0.6 is 11.3 Å². The van der Waals surface area contributed by atoms with Crippen molar-refractivity contribution in [2.45, 2.75) is 5.51 Å². The highest BCUT2D eigenvalue weighted by Crippen LogP contribution is 2.36. The van der Waals surface area contributed by atoms with Gasteiger partial charge in [0, 0.05) is 10.4 Å². The summed E-state index contributed by atoms with van der Waals surface area (Å²) in [6.45, 7) is 0. The van der Waals surface area contributed by atoms with Crippen LogP contribution in [0.1, 0.15) is 0 Å². The Morgan fingerprint density at radius 2 is 1.74 bits per heavy atom. The van der Waals surface area contributed by atoms with Crippen molar-refractivity contribution in [1.29, 1.82) is 0 Å². The van der Waals surface area contributed by atoms with Crippen LogP contribution in [0.2, 0.25) is 0 Å². The van der Waals surface area contributed by atoms with E-state index in [1.54, 1.807) is 23.6 Å². The molecule has 8 heteroatoms. The topological polar surface area (TPSA) is 43.4 Å². The average molecular weight is 308 g/mol. The molecule has 3 nitrogen and oxygen atoms in total. The predicted octanol–water partition coefficient (Wildman–Crippen LogP) is 3.64. The van der Waals surface area contributed by atoms with E-state index in [1.165, 1.54) is 29.5 Å². The Balaban J connectivity index is 2.43. The van der Waals surface area contributed by atoms with E-state index in [0.717, 1.165) is 0 Å². The minimum absolute atomic E-state index is 0.297. The molecule has 0 saturated carbocycles. The third kappa shape index (κ3) is 2.90.